The minimum atomic E-state index is 0.0104. The zero-order chi connectivity index (χ0) is 10.8. The van der Waals surface area contributed by atoms with E-state index in [1.54, 1.807) is 22.7 Å². The van der Waals surface area contributed by atoms with E-state index in [2.05, 4.69) is 16.9 Å². The van der Waals surface area contributed by atoms with Crippen LogP contribution in [0.2, 0.25) is 5.02 Å². The lowest BCUT2D eigenvalue weighted by molar-refractivity contribution is 0.656. The molecule has 0 saturated heterocycles. The van der Waals surface area contributed by atoms with Crippen LogP contribution in [0.5, 0.6) is 0 Å². The lowest BCUT2D eigenvalue weighted by Crippen LogP contribution is -2.27. The number of hydrogen-bond acceptors (Lipinski definition) is 4. The number of aryl methyl sites for hydroxylation is 1. The highest BCUT2D eigenvalue weighted by molar-refractivity contribution is 7.12. The molecule has 2 aromatic heterocycles. The average molecular weight is 259 g/mol. The van der Waals surface area contributed by atoms with Crippen molar-refractivity contribution >= 4 is 34.3 Å². The first kappa shape index (κ1) is 11.1. The van der Waals surface area contributed by atoms with E-state index >= 15 is 0 Å². The predicted molar refractivity (Wildman–Crippen MR) is 67.6 cm³/mol. The van der Waals surface area contributed by atoms with Gasteiger partial charge in [-0.2, -0.15) is 0 Å². The van der Waals surface area contributed by atoms with Crippen molar-refractivity contribution in [1.82, 2.24) is 5.43 Å². The van der Waals surface area contributed by atoms with Gasteiger partial charge in [-0.25, -0.2) is 5.43 Å². The van der Waals surface area contributed by atoms with Crippen molar-refractivity contribution < 1.29 is 0 Å². The SMILES string of the molecule is Cc1csc(C(NN)c2cccs2)c1Cl. The average Bonchev–Trinajstić information content (AvgIpc) is 2.84. The van der Waals surface area contributed by atoms with E-state index in [9.17, 15) is 0 Å². The maximum atomic E-state index is 6.22. The monoisotopic (exact) mass is 258 g/mol. The molecule has 0 aliphatic carbocycles. The van der Waals surface area contributed by atoms with Crippen LogP contribution in [0.25, 0.3) is 0 Å². The van der Waals surface area contributed by atoms with Crippen molar-refractivity contribution in [1.29, 1.82) is 0 Å². The fraction of sp³-hybridized carbons (Fsp3) is 0.200. The fourth-order valence-electron chi connectivity index (χ4n) is 1.39. The van der Waals surface area contributed by atoms with Gasteiger partial charge in [0.2, 0.25) is 0 Å². The van der Waals surface area contributed by atoms with E-state index in [-0.39, 0.29) is 6.04 Å². The van der Waals surface area contributed by atoms with Crippen LogP contribution in [-0.4, -0.2) is 0 Å². The number of hydrazine groups is 1. The number of nitrogens with two attached hydrogens (primary N) is 1. The Labute approximate surface area is 102 Å². The molecular weight excluding hydrogens is 248 g/mol. The zero-order valence-corrected chi connectivity index (χ0v) is 10.5. The molecule has 0 amide bonds. The second-order valence-corrected chi connectivity index (χ2v) is 5.48. The van der Waals surface area contributed by atoms with E-state index in [1.165, 1.54) is 4.88 Å². The van der Waals surface area contributed by atoms with Gasteiger partial charge >= 0.3 is 0 Å². The van der Waals surface area contributed by atoms with Crippen LogP contribution in [0, 0.1) is 6.92 Å². The molecule has 0 bridgehead atoms. The molecule has 0 spiro atoms. The number of rotatable bonds is 3. The van der Waals surface area contributed by atoms with Crippen molar-refractivity contribution in [2.45, 2.75) is 13.0 Å². The Bertz CT molecular complexity index is 436. The Balaban J connectivity index is 2.40. The highest BCUT2D eigenvalue weighted by atomic mass is 35.5. The van der Waals surface area contributed by atoms with Crippen LogP contribution in [0.15, 0.2) is 22.9 Å². The first-order valence-electron chi connectivity index (χ1n) is 4.47. The van der Waals surface area contributed by atoms with Gasteiger partial charge in [0.15, 0.2) is 0 Å². The third kappa shape index (κ3) is 2.09. The third-order valence-electron chi connectivity index (χ3n) is 2.18. The molecule has 0 saturated carbocycles. The zero-order valence-electron chi connectivity index (χ0n) is 8.16. The largest absolute Gasteiger partial charge is 0.271 e. The molecule has 0 radical (unpaired) electrons. The van der Waals surface area contributed by atoms with Crippen molar-refractivity contribution in [3.8, 4) is 0 Å². The Morgan fingerprint density at radius 3 is 2.73 bits per heavy atom. The first-order valence-corrected chi connectivity index (χ1v) is 6.60. The van der Waals surface area contributed by atoms with Gasteiger partial charge in [-0.05, 0) is 29.3 Å². The van der Waals surface area contributed by atoms with Crippen molar-refractivity contribution in [3.63, 3.8) is 0 Å². The van der Waals surface area contributed by atoms with E-state index < -0.39 is 0 Å². The molecular formula is C10H11ClN2S2. The summed E-state index contributed by atoms with van der Waals surface area (Å²) < 4.78 is 0. The van der Waals surface area contributed by atoms with Gasteiger partial charge in [0.25, 0.3) is 0 Å². The second kappa shape index (κ2) is 4.63. The molecule has 2 nitrogen and oxygen atoms in total. The van der Waals surface area contributed by atoms with Gasteiger partial charge in [0.05, 0.1) is 11.1 Å². The molecule has 15 heavy (non-hydrogen) atoms. The summed E-state index contributed by atoms with van der Waals surface area (Å²) in [6.07, 6.45) is 0. The quantitative estimate of drug-likeness (QED) is 0.655. The first-order chi connectivity index (χ1) is 7.24. The van der Waals surface area contributed by atoms with E-state index in [1.807, 2.05) is 18.4 Å². The van der Waals surface area contributed by atoms with Gasteiger partial charge in [0, 0.05) is 9.75 Å². The Morgan fingerprint density at radius 1 is 1.47 bits per heavy atom. The summed E-state index contributed by atoms with van der Waals surface area (Å²) in [6.45, 7) is 2.00. The highest BCUT2D eigenvalue weighted by Gasteiger charge is 2.19. The smallest absolute Gasteiger partial charge is 0.0909 e. The van der Waals surface area contributed by atoms with Crippen molar-refractivity contribution in [2.75, 3.05) is 0 Å². The van der Waals surface area contributed by atoms with Crippen LogP contribution >= 0.6 is 34.3 Å². The van der Waals surface area contributed by atoms with Crippen molar-refractivity contribution in [3.05, 3.63) is 43.2 Å². The van der Waals surface area contributed by atoms with Crippen LogP contribution in [0.3, 0.4) is 0 Å². The van der Waals surface area contributed by atoms with E-state index in [0.717, 1.165) is 15.5 Å². The van der Waals surface area contributed by atoms with Gasteiger partial charge in [-0.1, -0.05) is 17.7 Å². The van der Waals surface area contributed by atoms with Gasteiger partial charge in [-0.15, -0.1) is 22.7 Å². The summed E-state index contributed by atoms with van der Waals surface area (Å²) >= 11 is 9.53. The molecule has 2 rings (SSSR count). The lowest BCUT2D eigenvalue weighted by Gasteiger charge is -2.12. The number of hydrogen-bond donors (Lipinski definition) is 2. The Kier molecular flexibility index (Phi) is 3.43. The van der Waals surface area contributed by atoms with Crippen LogP contribution < -0.4 is 11.3 Å². The lowest BCUT2D eigenvalue weighted by atomic mass is 10.2. The van der Waals surface area contributed by atoms with E-state index in [0.29, 0.717) is 0 Å². The summed E-state index contributed by atoms with van der Waals surface area (Å²) in [5, 5.41) is 4.90. The summed E-state index contributed by atoms with van der Waals surface area (Å²) in [5.74, 6) is 5.58. The summed E-state index contributed by atoms with van der Waals surface area (Å²) in [4.78, 5) is 2.26. The second-order valence-electron chi connectivity index (χ2n) is 3.21. The molecule has 5 heteroatoms. The summed E-state index contributed by atoms with van der Waals surface area (Å²) in [7, 11) is 0. The molecule has 0 fully saturated rings. The minimum Gasteiger partial charge on any atom is -0.271 e. The third-order valence-corrected chi connectivity index (χ3v) is 4.90. The summed E-state index contributed by atoms with van der Waals surface area (Å²) in [6, 6.07) is 4.08. The molecule has 3 N–H and O–H groups in total. The van der Waals surface area contributed by atoms with Crippen molar-refractivity contribution in [2.24, 2.45) is 5.84 Å². The maximum Gasteiger partial charge on any atom is 0.0909 e. The maximum absolute atomic E-state index is 6.22. The van der Waals surface area contributed by atoms with Gasteiger partial charge in [-0.3, -0.25) is 5.84 Å². The predicted octanol–water partition coefficient (Wildman–Crippen LogP) is 3.32. The molecule has 0 aliphatic heterocycles. The minimum absolute atomic E-state index is 0.0104. The number of nitrogens with one attached hydrogen (secondary N) is 1. The summed E-state index contributed by atoms with van der Waals surface area (Å²) in [5.41, 5.74) is 3.92. The van der Waals surface area contributed by atoms with Gasteiger partial charge < -0.3 is 0 Å². The van der Waals surface area contributed by atoms with Gasteiger partial charge in [0.1, 0.15) is 0 Å². The molecule has 0 aromatic carbocycles. The topological polar surface area (TPSA) is 38.0 Å². The Hall–Kier alpha value is -0.390. The van der Waals surface area contributed by atoms with E-state index in [4.69, 9.17) is 17.4 Å². The van der Waals surface area contributed by atoms with Crippen LogP contribution in [-0.2, 0) is 0 Å². The van der Waals surface area contributed by atoms with Crippen LogP contribution in [0.4, 0.5) is 0 Å². The highest BCUT2D eigenvalue weighted by Crippen LogP contribution is 2.36. The molecule has 80 valence electrons. The molecule has 1 atom stereocenters. The number of thiophene rings is 2. The van der Waals surface area contributed by atoms with Crippen LogP contribution in [0.1, 0.15) is 21.4 Å². The molecule has 1 unspecified atom stereocenters. The molecule has 2 aromatic rings. The molecule has 0 aliphatic rings. The Morgan fingerprint density at radius 2 is 2.27 bits per heavy atom. The number of halogens is 1. The fourth-order valence-corrected chi connectivity index (χ4v) is 3.63. The normalized spacial score (nSPS) is 13.0. The molecule has 2 heterocycles. The standard InChI is InChI=1S/C10H11ClN2S2/c1-6-5-15-10(8(6)11)9(13-12)7-3-2-4-14-7/h2-5,9,13H,12H2,1H3.